The number of hydrogen-bond donors (Lipinski definition) is 0. The lowest BCUT2D eigenvalue weighted by atomic mass is 10.2. The summed E-state index contributed by atoms with van der Waals surface area (Å²) in [6.45, 7) is 0.147. The summed E-state index contributed by atoms with van der Waals surface area (Å²) in [7, 11) is 0. The molecule has 0 saturated carbocycles. The molecule has 0 aromatic heterocycles. The van der Waals surface area contributed by atoms with Crippen molar-refractivity contribution in [3.8, 4) is 0 Å². The van der Waals surface area contributed by atoms with Gasteiger partial charge >= 0.3 is 5.97 Å². The molecule has 2 aromatic carbocycles. The molecule has 0 saturated heterocycles. The second-order valence-corrected chi connectivity index (χ2v) is 4.91. The van der Waals surface area contributed by atoms with E-state index in [-0.39, 0.29) is 27.2 Å². The molecule has 0 aliphatic carbocycles. The minimum atomic E-state index is -0.613. The highest BCUT2D eigenvalue weighted by molar-refractivity contribution is 6.44. The van der Waals surface area contributed by atoms with Gasteiger partial charge in [-0.05, 0) is 11.6 Å². The molecular weight excluding hydrogens is 307 g/mol. The number of rotatable bonds is 3. The van der Waals surface area contributed by atoms with Crippen molar-refractivity contribution >= 4 is 40.8 Å². The molecule has 0 fully saturated rings. The third-order valence-electron chi connectivity index (χ3n) is 2.34. The van der Waals surface area contributed by atoms with Crippen molar-refractivity contribution in [1.82, 2.24) is 0 Å². The fourth-order valence-electron chi connectivity index (χ4n) is 1.44. The third kappa shape index (κ3) is 3.63. The SMILES string of the molecule is O=C(OCc1ccccc1)c1[c]c(Cl)cc(Cl)c1Cl. The number of hydrogen-bond acceptors (Lipinski definition) is 2. The van der Waals surface area contributed by atoms with Crippen molar-refractivity contribution in [2.24, 2.45) is 0 Å². The van der Waals surface area contributed by atoms with Crippen LogP contribution in [-0.2, 0) is 11.3 Å². The van der Waals surface area contributed by atoms with Gasteiger partial charge in [0.1, 0.15) is 6.61 Å². The smallest absolute Gasteiger partial charge is 0.340 e. The Morgan fingerprint density at radius 1 is 1.16 bits per heavy atom. The van der Waals surface area contributed by atoms with Crippen LogP contribution in [0, 0.1) is 6.07 Å². The van der Waals surface area contributed by atoms with Crippen LogP contribution in [0.1, 0.15) is 15.9 Å². The molecule has 0 spiro atoms. The Morgan fingerprint density at radius 2 is 1.84 bits per heavy atom. The van der Waals surface area contributed by atoms with Gasteiger partial charge in [-0.2, -0.15) is 0 Å². The van der Waals surface area contributed by atoms with Gasteiger partial charge in [0.25, 0.3) is 0 Å². The quantitative estimate of drug-likeness (QED) is 0.600. The van der Waals surface area contributed by atoms with Crippen LogP contribution in [0.4, 0.5) is 0 Å². The van der Waals surface area contributed by atoms with E-state index in [1.54, 1.807) is 0 Å². The Hall–Kier alpha value is -1.22. The molecule has 0 unspecified atom stereocenters. The number of halogens is 3. The molecular formula is C14H8Cl3O2. The lowest BCUT2D eigenvalue weighted by Gasteiger charge is -2.07. The Morgan fingerprint density at radius 3 is 2.53 bits per heavy atom. The second kappa shape index (κ2) is 6.29. The summed E-state index contributed by atoms with van der Waals surface area (Å²) in [5, 5.41) is 0.488. The van der Waals surface area contributed by atoms with Gasteiger partial charge in [0.15, 0.2) is 0 Å². The van der Waals surface area contributed by atoms with Gasteiger partial charge in [0, 0.05) is 6.07 Å². The van der Waals surface area contributed by atoms with Crippen LogP contribution < -0.4 is 0 Å². The Kier molecular flexibility index (Phi) is 4.70. The van der Waals surface area contributed by atoms with E-state index in [0.29, 0.717) is 0 Å². The number of benzene rings is 2. The van der Waals surface area contributed by atoms with E-state index in [9.17, 15) is 4.79 Å². The zero-order chi connectivity index (χ0) is 13.8. The molecule has 97 valence electrons. The predicted octanol–water partition coefficient (Wildman–Crippen LogP) is 4.80. The minimum absolute atomic E-state index is 0.0371. The zero-order valence-electron chi connectivity index (χ0n) is 9.62. The van der Waals surface area contributed by atoms with Gasteiger partial charge in [-0.1, -0.05) is 65.1 Å². The fourth-order valence-corrected chi connectivity index (χ4v) is 2.08. The monoisotopic (exact) mass is 313 g/mol. The van der Waals surface area contributed by atoms with Gasteiger partial charge in [0.2, 0.25) is 0 Å². The molecule has 0 N–H and O–H groups in total. The summed E-state index contributed by atoms with van der Waals surface area (Å²) in [4.78, 5) is 11.9. The predicted molar refractivity (Wildman–Crippen MR) is 75.9 cm³/mol. The average molecular weight is 315 g/mol. The van der Waals surface area contributed by atoms with Crippen molar-refractivity contribution in [1.29, 1.82) is 0 Å². The van der Waals surface area contributed by atoms with Crippen molar-refractivity contribution in [3.63, 3.8) is 0 Å². The summed E-state index contributed by atoms with van der Waals surface area (Å²) >= 11 is 17.5. The summed E-state index contributed by atoms with van der Waals surface area (Å²) in [5.74, 6) is -0.613. The highest BCUT2D eigenvalue weighted by atomic mass is 35.5. The largest absolute Gasteiger partial charge is 0.457 e. The van der Waals surface area contributed by atoms with Gasteiger partial charge in [-0.15, -0.1) is 0 Å². The first kappa shape index (κ1) is 14.2. The van der Waals surface area contributed by atoms with E-state index < -0.39 is 5.97 Å². The van der Waals surface area contributed by atoms with Gasteiger partial charge in [-0.25, -0.2) is 4.79 Å². The summed E-state index contributed by atoms with van der Waals surface area (Å²) in [6, 6.07) is 13.3. The Bertz CT molecular complexity index is 597. The topological polar surface area (TPSA) is 26.3 Å². The normalized spacial score (nSPS) is 10.3. The second-order valence-electron chi connectivity index (χ2n) is 3.72. The zero-order valence-corrected chi connectivity index (χ0v) is 11.9. The minimum Gasteiger partial charge on any atom is -0.457 e. The van der Waals surface area contributed by atoms with E-state index in [4.69, 9.17) is 39.5 Å². The maximum Gasteiger partial charge on any atom is 0.340 e. The highest BCUT2D eigenvalue weighted by Gasteiger charge is 2.16. The number of esters is 1. The molecule has 2 nitrogen and oxygen atoms in total. The average Bonchev–Trinajstić information content (AvgIpc) is 2.41. The van der Waals surface area contributed by atoms with Crippen LogP contribution in [0.25, 0.3) is 0 Å². The lowest BCUT2D eigenvalue weighted by molar-refractivity contribution is 0.0472. The fraction of sp³-hybridized carbons (Fsp3) is 0.0714. The van der Waals surface area contributed by atoms with E-state index >= 15 is 0 Å². The lowest BCUT2D eigenvalue weighted by Crippen LogP contribution is -2.06. The van der Waals surface area contributed by atoms with E-state index in [2.05, 4.69) is 6.07 Å². The molecule has 0 bridgehead atoms. The molecule has 2 rings (SSSR count). The van der Waals surface area contributed by atoms with Crippen LogP contribution in [0.3, 0.4) is 0 Å². The van der Waals surface area contributed by atoms with Crippen LogP contribution in [0.2, 0.25) is 15.1 Å². The summed E-state index contributed by atoms with van der Waals surface area (Å²) < 4.78 is 5.13. The van der Waals surface area contributed by atoms with Crippen molar-refractivity contribution in [2.75, 3.05) is 0 Å². The molecule has 19 heavy (non-hydrogen) atoms. The molecule has 0 atom stereocenters. The first-order valence-electron chi connectivity index (χ1n) is 5.36. The Balaban J connectivity index is 2.13. The van der Waals surface area contributed by atoms with Crippen LogP contribution >= 0.6 is 34.8 Å². The van der Waals surface area contributed by atoms with E-state index in [1.165, 1.54) is 6.07 Å². The molecule has 0 aliphatic heterocycles. The Labute approximate surface area is 125 Å². The molecule has 0 heterocycles. The number of ether oxygens (including phenoxy) is 1. The third-order valence-corrected chi connectivity index (χ3v) is 3.33. The molecule has 5 heteroatoms. The van der Waals surface area contributed by atoms with Crippen LogP contribution in [-0.4, -0.2) is 5.97 Å². The summed E-state index contributed by atoms with van der Waals surface area (Å²) in [5.41, 5.74) is 0.912. The van der Waals surface area contributed by atoms with Crippen molar-refractivity contribution < 1.29 is 9.53 Å². The molecule has 1 radical (unpaired) electrons. The van der Waals surface area contributed by atoms with Crippen molar-refractivity contribution in [2.45, 2.75) is 6.61 Å². The first-order valence-corrected chi connectivity index (χ1v) is 6.49. The molecule has 0 aliphatic rings. The first-order chi connectivity index (χ1) is 9.08. The van der Waals surface area contributed by atoms with Gasteiger partial charge in [-0.3, -0.25) is 0 Å². The standard InChI is InChI=1S/C14H8Cl3O2/c15-10-6-11(13(17)12(16)7-10)14(18)19-8-9-4-2-1-3-5-9/h1-5,7H,8H2. The maximum atomic E-state index is 11.9. The van der Waals surface area contributed by atoms with Crippen LogP contribution in [0.5, 0.6) is 0 Å². The molecule has 2 aromatic rings. The summed E-state index contributed by atoms with van der Waals surface area (Å²) in [6.07, 6.45) is 0. The maximum absolute atomic E-state index is 11.9. The van der Waals surface area contributed by atoms with Gasteiger partial charge < -0.3 is 4.74 Å². The van der Waals surface area contributed by atoms with E-state index in [1.807, 2.05) is 30.3 Å². The van der Waals surface area contributed by atoms with Gasteiger partial charge in [0.05, 0.1) is 20.6 Å². The number of carbonyl (C=O) groups excluding carboxylic acids is 1. The number of carbonyl (C=O) groups is 1. The van der Waals surface area contributed by atoms with Crippen LogP contribution in [0.15, 0.2) is 36.4 Å². The van der Waals surface area contributed by atoms with Crippen molar-refractivity contribution in [3.05, 3.63) is 68.7 Å². The molecule has 0 amide bonds. The van der Waals surface area contributed by atoms with E-state index in [0.717, 1.165) is 5.56 Å². The highest BCUT2D eigenvalue weighted by Crippen LogP contribution is 2.29.